The van der Waals surface area contributed by atoms with Gasteiger partial charge in [-0.1, -0.05) is 24.3 Å². The van der Waals surface area contributed by atoms with Crippen molar-refractivity contribution in [2.75, 3.05) is 0 Å². The Morgan fingerprint density at radius 1 is 1.12 bits per heavy atom. The summed E-state index contributed by atoms with van der Waals surface area (Å²) in [6.07, 6.45) is 1.34. The molecule has 0 atom stereocenters. The van der Waals surface area contributed by atoms with Crippen molar-refractivity contribution in [1.82, 2.24) is 9.97 Å². The quantitative estimate of drug-likeness (QED) is 0.674. The van der Waals surface area contributed by atoms with Gasteiger partial charge in [0.05, 0.1) is 12.2 Å². The molecule has 0 saturated heterocycles. The first-order valence-electron chi connectivity index (χ1n) is 4.73. The molecule has 0 fully saturated rings. The van der Waals surface area contributed by atoms with Crippen LogP contribution < -0.4 is 11.2 Å². The van der Waals surface area contributed by atoms with Gasteiger partial charge in [-0.2, -0.15) is 0 Å². The highest BCUT2D eigenvalue weighted by Crippen LogP contribution is 2.18. The number of rotatable bonds is 2. The van der Waals surface area contributed by atoms with Crippen molar-refractivity contribution in [2.24, 2.45) is 0 Å². The Morgan fingerprint density at radius 3 is 2.56 bits per heavy atom. The van der Waals surface area contributed by atoms with E-state index in [9.17, 15) is 9.59 Å². The van der Waals surface area contributed by atoms with Crippen molar-refractivity contribution < 1.29 is 5.11 Å². The van der Waals surface area contributed by atoms with Gasteiger partial charge in [-0.05, 0) is 11.1 Å². The van der Waals surface area contributed by atoms with Gasteiger partial charge in [0.15, 0.2) is 0 Å². The van der Waals surface area contributed by atoms with E-state index < -0.39 is 11.2 Å². The minimum atomic E-state index is -0.546. The number of aromatic amines is 2. The fraction of sp³-hybridized carbons (Fsp3) is 0.0909. The Morgan fingerprint density at radius 2 is 1.88 bits per heavy atom. The molecule has 0 radical (unpaired) electrons. The van der Waals surface area contributed by atoms with Crippen molar-refractivity contribution in [3.8, 4) is 11.1 Å². The molecule has 1 heterocycles. The average molecular weight is 218 g/mol. The van der Waals surface area contributed by atoms with E-state index in [1.165, 1.54) is 6.20 Å². The van der Waals surface area contributed by atoms with Crippen molar-refractivity contribution in [3.63, 3.8) is 0 Å². The summed E-state index contributed by atoms with van der Waals surface area (Å²) in [5, 5.41) is 9.14. The van der Waals surface area contributed by atoms with Gasteiger partial charge in [-0.3, -0.25) is 9.78 Å². The molecule has 0 spiro atoms. The summed E-state index contributed by atoms with van der Waals surface area (Å²) in [5.41, 5.74) is 0.576. The van der Waals surface area contributed by atoms with E-state index in [1.54, 1.807) is 24.3 Å². The SMILES string of the molecule is O=c1[nH]cc(-c2ccccc2CO)c(=O)[nH]1. The van der Waals surface area contributed by atoms with Gasteiger partial charge in [-0.15, -0.1) is 0 Å². The number of H-pyrrole nitrogens is 2. The molecular formula is C11H10N2O3. The summed E-state index contributed by atoms with van der Waals surface area (Å²) in [5.74, 6) is 0. The number of aliphatic hydroxyl groups excluding tert-OH is 1. The normalized spacial score (nSPS) is 10.3. The molecule has 0 saturated carbocycles. The summed E-state index contributed by atoms with van der Waals surface area (Å²) in [6.45, 7) is -0.158. The van der Waals surface area contributed by atoms with Crippen LogP contribution in [0.5, 0.6) is 0 Å². The number of hydrogen-bond acceptors (Lipinski definition) is 3. The van der Waals surface area contributed by atoms with Crippen molar-refractivity contribution in [1.29, 1.82) is 0 Å². The smallest absolute Gasteiger partial charge is 0.325 e. The van der Waals surface area contributed by atoms with E-state index in [0.717, 1.165) is 0 Å². The largest absolute Gasteiger partial charge is 0.392 e. The Kier molecular flexibility index (Phi) is 2.70. The molecule has 5 heteroatoms. The lowest BCUT2D eigenvalue weighted by Gasteiger charge is -2.05. The first-order chi connectivity index (χ1) is 7.72. The number of benzene rings is 1. The van der Waals surface area contributed by atoms with Gasteiger partial charge >= 0.3 is 5.69 Å². The van der Waals surface area contributed by atoms with Gasteiger partial charge in [0, 0.05) is 6.20 Å². The molecular weight excluding hydrogens is 208 g/mol. The average Bonchev–Trinajstić information content (AvgIpc) is 2.29. The lowest BCUT2D eigenvalue weighted by Crippen LogP contribution is -2.22. The predicted octanol–water partition coefficient (Wildman–Crippen LogP) is 0.222. The third kappa shape index (κ3) is 1.80. The maximum absolute atomic E-state index is 11.6. The summed E-state index contributed by atoms with van der Waals surface area (Å²) < 4.78 is 0. The molecule has 3 N–H and O–H groups in total. The van der Waals surface area contributed by atoms with E-state index in [4.69, 9.17) is 5.11 Å². The lowest BCUT2D eigenvalue weighted by atomic mass is 10.0. The monoisotopic (exact) mass is 218 g/mol. The third-order valence-electron chi connectivity index (χ3n) is 2.30. The summed E-state index contributed by atoms with van der Waals surface area (Å²) in [4.78, 5) is 27.0. The van der Waals surface area contributed by atoms with Gasteiger partial charge in [0.1, 0.15) is 0 Å². The number of aliphatic hydroxyl groups is 1. The van der Waals surface area contributed by atoms with Crippen LogP contribution in [0.15, 0.2) is 40.1 Å². The second-order valence-corrected chi connectivity index (χ2v) is 3.30. The Hall–Kier alpha value is -2.14. The Labute approximate surface area is 90.4 Å². The molecule has 2 rings (SSSR count). The fourth-order valence-electron chi connectivity index (χ4n) is 1.53. The van der Waals surface area contributed by atoms with E-state index in [2.05, 4.69) is 9.97 Å². The molecule has 5 nitrogen and oxygen atoms in total. The third-order valence-corrected chi connectivity index (χ3v) is 2.30. The minimum absolute atomic E-state index is 0.158. The molecule has 1 aromatic heterocycles. The maximum Gasteiger partial charge on any atom is 0.325 e. The van der Waals surface area contributed by atoms with E-state index in [0.29, 0.717) is 16.7 Å². The number of nitrogens with one attached hydrogen (secondary N) is 2. The van der Waals surface area contributed by atoms with E-state index in [1.807, 2.05) is 0 Å². The van der Waals surface area contributed by atoms with E-state index >= 15 is 0 Å². The van der Waals surface area contributed by atoms with Gasteiger partial charge in [-0.25, -0.2) is 4.79 Å². The van der Waals surface area contributed by atoms with Crippen molar-refractivity contribution in [2.45, 2.75) is 6.61 Å². The zero-order valence-corrected chi connectivity index (χ0v) is 8.36. The molecule has 0 aliphatic rings. The van der Waals surface area contributed by atoms with Crippen LogP contribution in [0.4, 0.5) is 0 Å². The molecule has 0 aliphatic heterocycles. The lowest BCUT2D eigenvalue weighted by molar-refractivity contribution is 0.282. The van der Waals surface area contributed by atoms with E-state index in [-0.39, 0.29) is 6.61 Å². The van der Waals surface area contributed by atoms with Crippen molar-refractivity contribution >= 4 is 0 Å². The Balaban J connectivity index is 2.68. The maximum atomic E-state index is 11.6. The first kappa shape index (κ1) is 10.4. The Bertz CT molecular complexity index is 613. The van der Waals surface area contributed by atoms with Gasteiger partial charge in [0.25, 0.3) is 5.56 Å². The predicted molar refractivity (Wildman–Crippen MR) is 59.0 cm³/mol. The zero-order valence-electron chi connectivity index (χ0n) is 8.36. The molecule has 0 aliphatic carbocycles. The van der Waals surface area contributed by atoms with Crippen LogP contribution in [-0.2, 0) is 6.61 Å². The van der Waals surface area contributed by atoms with Crippen LogP contribution >= 0.6 is 0 Å². The van der Waals surface area contributed by atoms with Crippen LogP contribution in [0.25, 0.3) is 11.1 Å². The molecule has 16 heavy (non-hydrogen) atoms. The molecule has 0 unspecified atom stereocenters. The highest BCUT2D eigenvalue weighted by Gasteiger charge is 2.07. The van der Waals surface area contributed by atoms with Crippen LogP contribution in [0.1, 0.15) is 5.56 Å². The summed E-state index contributed by atoms with van der Waals surface area (Å²) >= 11 is 0. The number of hydrogen-bond donors (Lipinski definition) is 3. The van der Waals surface area contributed by atoms with Crippen LogP contribution in [0, 0.1) is 0 Å². The van der Waals surface area contributed by atoms with Gasteiger partial charge in [0.2, 0.25) is 0 Å². The molecule has 1 aromatic carbocycles. The van der Waals surface area contributed by atoms with Crippen LogP contribution in [0.3, 0.4) is 0 Å². The number of aromatic nitrogens is 2. The fourth-order valence-corrected chi connectivity index (χ4v) is 1.53. The highest BCUT2D eigenvalue weighted by atomic mass is 16.3. The van der Waals surface area contributed by atoms with Crippen LogP contribution in [-0.4, -0.2) is 15.1 Å². The highest BCUT2D eigenvalue weighted by molar-refractivity contribution is 5.65. The van der Waals surface area contributed by atoms with Crippen molar-refractivity contribution in [3.05, 3.63) is 56.9 Å². The standard InChI is InChI=1S/C11H10N2O3/c14-6-7-3-1-2-4-8(7)9-5-12-11(16)13-10(9)15/h1-5,14H,6H2,(H2,12,13,15,16). The second kappa shape index (κ2) is 4.16. The molecule has 82 valence electrons. The first-order valence-corrected chi connectivity index (χ1v) is 4.73. The molecule has 0 amide bonds. The minimum Gasteiger partial charge on any atom is -0.392 e. The van der Waals surface area contributed by atoms with Gasteiger partial charge < -0.3 is 10.1 Å². The topological polar surface area (TPSA) is 85.9 Å². The van der Waals surface area contributed by atoms with Crippen LogP contribution in [0.2, 0.25) is 0 Å². The molecule has 2 aromatic rings. The second-order valence-electron chi connectivity index (χ2n) is 3.30. The zero-order chi connectivity index (χ0) is 11.5. The summed E-state index contributed by atoms with van der Waals surface area (Å²) in [7, 11) is 0. The molecule has 0 bridgehead atoms. The summed E-state index contributed by atoms with van der Waals surface area (Å²) in [6, 6.07) is 6.97.